The fourth-order valence-electron chi connectivity index (χ4n) is 5.61. The monoisotopic (exact) mass is 552 g/mol. The Balaban J connectivity index is 1.25. The van der Waals surface area contributed by atoms with Crippen LogP contribution < -0.4 is 0 Å². The molecule has 5 rings (SSSR count). The first kappa shape index (κ1) is 29.5. The van der Waals surface area contributed by atoms with Gasteiger partial charge >= 0.3 is 0 Å². The summed E-state index contributed by atoms with van der Waals surface area (Å²) in [5.41, 5.74) is 8.43. The zero-order valence-electron chi connectivity index (χ0n) is 24.8. The second-order valence-corrected chi connectivity index (χ2v) is 11.3. The predicted octanol–water partition coefficient (Wildman–Crippen LogP) is 8.26. The average Bonchev–Trinajstić information content (AvgIpc) is 3.06. The van der Waals surface area contributed by atoms with E-state index in [1.54, 1.807) is 0 Å². The van der Waals surface area contributed by atoms with E-state index >= 15 is 0 Å². The van der Waals surface area contributed by atoms with E-state index in [0.717, 1.165) is 65.0 Å². The Morgan fingerprint density at radius 1 is 0.286 bits per heavy atom. The third-order valence-electron chi connectivity index (χ3n) is 8.04. The van der Waals surface area contributed by atoms with E-state index in [9.17, 15) is 0 Å². The van der Waals surface area contributed by atoms with E-state index in [-0.39, 0.29) is 0 Å². The zero-order valence-corrected chi connectivity index (χ0v) is 24.8. The molecule has 0 amide bonds. The molecule has 42 heavy (non-hydrogen) atoms. The fourth-order valence-corrected chi connectivity index (χ4v) is 5.61. The Hall–Kier alpha value is -3.98. The van der Waals surface area contributed by atoms with Crippen LogP contribution >= 0.6 is 0 Å². The minimum atomic E-state index is 0.974. The third-order valence-corrected chi connectivity index (χ3v) is 8.04. The van der Waals surface area contributed by atoms with Crippen LogP contribution in [0, 0.1) is 0 Å². The van der Waals surface area contributed by atoms with Crippen LogP contribution in [0.1, 0.15) is 33.4 Å². The van der Waals surface area contributed by atoms with E-state index in [4.69, 9.17) is 0 Å². The molecule has 0 atom stereocenters. The molecule has 0 spiro atoms. The molecule has 0 bridgehead atoms. The second-order valence-electron chi connectivity index (χ2n) is 11.3. The van der Waals surface area contributed by atoms with E-state index < -0.39 is 0 Å². The van der Waals surface area contributed by atoms with Gasteiger partial charge in [-0.1, -0.05) is 146 Å². The Labute approximate surface area is 253 Å². The molecule has 0 unspecified atom stereocenters. The van der Waals surface area contributed by atoms with Crippen molar-refractivity contribution in [2.45, 2.75) is 38.8 Å². The molecule has 2 heteroatoms. The molecule has 0 fully saturated rings. The summed E-state index contributed by atoms with van der Waals surface area (Å²) in [6.07, 6.45) is 4.29. The summed E-state index contributed by atoms with van der Waals surface area (Å²) in [4.78, 5) is 5.25. The van der Waals surface area contributed by atoms with Gasteiger partial charge in [0, 0.05) is 39.3 Å². The van der Waals surface area contributed by atoms with Gasteiger partial charge in [0.2, 0.25) is 0 Å². The van der Waals surface area contributed by atoms with Crippen molar-refractivity contribution in [3.05, 3.63) is 179 Å². The largest absolute Gasteiger partial charge is 0.298 e. The molecular weight excluding hydrogens is 508 g/mol. The molecule has 0 aliphatic carbocycles. The fraction of sp³-hybridized carbons (Fsp3) is 0.250. The maximum absolute atomic E-state index is 2.63. The molecule has 214 valence electrons. The highest BCUT2D eigenvalue weighted by atomic mass is 15.1. The molecule has 0 saturated heterocycles. The lowest BCUT2D eigenvalue weighted by atomic mass is 10.1. The lowest BCUT2D eigenvalue weighted by Crippen LogP contribution is -2.29. The molecule has 5 aromatic rings. The standard InChI is InChI=1S/C40H44N2/c1-5-14-35(15-6-1)24-28-41(29-25-36-16-7-2-8-17-36)33-39-22-13-23-40(32-39)34-42(30-26-37-18-9-3-10-19-37)31-27-38-20-11-4-12-21-38/h1-23,32H,24-31,33-34H2. The van der Waals surface area contributed by atoms with Gasteiger partial charge in [-0.15, -0.1) is 0 Å². The Kier molecular flexibility index (Phi) is 11.6. The highest BCUT2D eigenvalue weighted by Gasteiger charge is 2.11. The minimum Gasteiger partial charge on any atom is -0.298 e. The second kappa shape index (κ2) is 16.5. The smallest absolute Gasteiger partial charge is 0.0234 e. The normalized spacial score (nSPS) is 11.3. The third kappa shape index (κ3) is 10.1. The molecule has 0 aliphatic rings. The first-order valence-electron chi connectivity index (χ1n) is 15.5. The van der Waals surface area contributed by atoms with Crippen LogP contribution in [0.4, 0.5) is 0 Å². The molecule has 0 radical (unpaired) electrons. The van der Waals surface area contributed by atoms with Crippen LogP contribution in [0.3, 0.4) is 0 Å². The summed E-state index contributed by atoms with van der Waals surface area (Å²) in [5.74, 6) is 0. The van der Waals surface area contributed by atoms with Crippen molar-refractivity contribution in [1.29, 1.82) is 0 Å². The Morgan fingerprint density at radius 2 is 0.548 bits per heavy atom. The summed E-state index contributed by atoms with van der Waals surface area (Å²) in [6.45, 7) is 6.18. The number of rotatable bonds is 16. The molecule has 5 aromatic carbocycles. The number of nitrogens with zero attached hydrogens (tertiary/aromatic N) is 2. The molecule has 0 aliphatic heterocycles. The molecule has 0 heterocycles. The molecule has 0 aromatic heterocycles. The van der Waals surface area contributed by atoms with Crippen molar-refractivity contribution in [2.75, 3.05) is 26.2 Å². The SMILES string of the molecule is c1ccc(CCN(CCc2ccccc2)Cc2cccc(CN(CCc3ccccc3)CCc3ccccc3)c2)cc1. The molecule has 2 nitrogen and oxygen atoms in total. The van der Waals surface area contributed by atoms with Gasteiger partial charge in [-0.25, -0.2) is 0 Å². The predicted molar refractivity (Wildman–Crippen MR) is 178 cm³/mol. The van der Waals surface area contributed by atoms with Gasteiger partial charge in [0.05, 0.1) is 0 Å². The summed E-state index contributed by atoms with van der Waals surface area (Å²) >= 11 is 0. The van der Waals surface area contributed by atoms with Crippen LogP contribution in [0.25, 0.3) is 0 Å². The lowest BCUT2D eigenvalue weighted by molar-refractivity contribution is 0.268. The summed E-state index contributed by atoms with van der Waals surface area (Å²) < 4.78 is 0. The van der Waals surface area contributed by atoms with Crippen molar-refractivity contribution in [3.63, 3.8) is 0 Å². The average molecular weight is 553 g/mol. The molecule has 0 saturated carbocycles. The Bertz CT molecular complexity index is 1220. The maximum Gasteiger partial charge on any atom is 0.0234 e. The number of hydrogen-bond acceptors (Lipinski definition) is 2. The highest BCUT2D eigenvalue weighted by Crippen LogP contribution is 2.15. The van der Waals surface area contributed by atoms with Crippen molar-refractivity contribution < 1.29 is 0 Å². The van der Waals surface area contributed by atoms with E-state index in [0.29, 0.717) is 0 Å². The Morgan fingerprint density at radius 3 is 0.833 bits per heavy atom. The summed E-state index contributed by atoms with van der Waals surface area (Å²) in [7, 11) is 0. The highest BCUT2D eigenvalue weighted by molar-refractivity contribution is 5.24. The topological polar surface area (TPSA) is 6.48 Å². The van der Waals surface area contributed by atoms with Crippen LogP contribution in [0.5, 0.6) is 0 Å². The van der Waals surface area contributed by atoms with Crippen molar-refractivity contribution in [3.8, 4) is 0 Å². The first-order valence-corrected chi connectivity index (χ1v) is 15.5. The maximum atomic E-state index is 2.63. The van der Waals surface area contributed by atoms with Gasteiger partial charge in [-0.2, -0.15) is 0 Å². The number of benzene rings is 5. The zero-order chi connectivity index (χ0) is 28.7. The van der Waals surface area contributed by atoms with Crippen LogP contribution in [-0.2, 0) is 38.8 Å². The van der Waals surface area contributed by atoms with Gasteiger partial charge < -0.3 is 0 Å². The van der Waals surface area contributed by atoms with Crippen LogP contribution in [-0.4, -0.2) is 36.0 Å². The van der Waals surface area contributed by atoms with Gasteiger partial charge in [0.15, 0.2) is 0 Å². The molecule has 0 N–H and O–H groups in total. The summed E-state index contributed by atoms with van der Waals surface area (Å²) in [6, 6.07) is 52.9. The van der Waals surface area contributed by atoms with Crippen molar-refractivity contribution in [2.24, 2.45) is 0 Å². The van der Waals surface area contributed by atoms with E-state index in [1.165, 1.54) is 33.4 Å². The minimum absolute atomic E-state index is 0.974. The van der Waals surface area contributed by atoms with Crippen LogP contribution in [0.15, 0.2) is 146 Å². The van der Waals surface area contributed by atoms with E-state index in [2.05, 4.69) is 155 Å². The van der Waals surface area contributed by atoms with Gasteiger partial charge in [0.25, 0.3) is 0 Å². The first-order chi connectivity index (χ1) is 20.8. The van der Waals surface area contributed by atoms with Crippen molar-refractivity contribution in [1.82, 2.24) is 9.80 Å². The van der Waals surface area contributed by atoms with Gasteiger partial charge in [-0.05, 0) is 59.1 Å². The van der Waals surface area contributed by atoms with Gasteiger partial charge in [-0.3, -0.25) is 9.80 Å². The lowest BCUT2D eigenvalue weighted by Gasteiger charge is -2.25. The van der Waals surface area contributed by atoms with E-state index in [1.807, 2.05) is 0 Å². The van der Waals surface area contributed by atoms with Crippen molar-refractivity contribution >= 4 is 0 Å². The molecular formula is C40H44N2. The van der Waals surface area contributed by atoms with Gasteiger partial charge in [0.1, 0.15) is 0 Å². The quantitative estimate of drug-likeness (QED) is 0.122. The summed E-state index contributed by atoms with van der Waals surface area (Å²) in [5, 5.41) is 0. The van der Waals surface area contributed by atoms with Crippen LogP contribution in [0.2, 0.25) is 0 Å². The number of hydrogen-bond donors (Lipinski definition) is 0.